The molecule has 0 unspecified atom stereocenters. The highest BCUT2D eigenvalue weighted by molar-refractivity contribution is 5.96. The van der Waals surface area contributed by atoms with Gasteiger partial charge in [0.15, 0.2) is 0 Å². The van der Waals surface area contributed by atoms with Crippen LogP contribution >= 0.6 is 0 Å². The lowest BCUT2D eigenvalue weighted by molar-refractivity contribution is -0.132. The number of anilines is 1. The quantitative estimate of drug-likeness (QED) is 0.819. The predicted octanol–water partition coefficient (Wildman–Crippen LogP) is 1.44. The van der Waals surface area contributed by atoms with E-state index in [9.17, 15) is 14.4 Å². The van der Waals surface area contributed by atoms with Gasteiger partial charge >= 0.3 is 6.09 Å². The monoisotopic (exact) mass is 359 g/mol. The molecule has 0 saturated carbocycles. The van der Waals surface area contributed by atoms with Crippen LogP contribution in [0.15, 0.2) is 18.2 Å². The first-order valence-corrected chi connectivity index (χ1v) is 9.07. The van der Waals surface area contributed by atoms with Crippen LogP contribution in [0.3, 0.4) is 0 Å². The molecule has 1 fully saturated rings. The molecule has 1 saturated heterocycles. The molecule has 0 bridgehead atoms. The molecule has 7 nitrogen and oxygen atoms in total. The van der Waals surface area contributed by atoms with E-state index in [1.807, 2.05) is 18.2 Å². The lowest BCUT2D eigenvalue weighted by atomic mass is 9.98. The molecule has 1 aromatic carbocycles. The molecule has 1 aromatic rings. The maximum absolute atomic E-state index is 12.6. The first-order valence-electron chi connectivity index (χ1n) is 9.07. The molecule has 0 atom stereocenters. The Hall–Kier alpha value is -2.57. The van der Waals surface area contributed by atoms with Gasteiger partial charge in [0.25, 0.3) is 0 Å². The van der Waals surface area contributed by atoms with Crippen LogP contribution in [0.5, 0.6) is 0 Å². The molecule has 3 rings (SSSR count). The summed E-state index contributed by atoms with van der Waals surface area (Å²) in [5.41, 5.74) is 3.01. The summed E-state index contributed by atoms with van der Waals surface area (Å²) in [6.07, 6.45) is 1.26. The maximum atomic E-state index is 12.6. The van der Waals surface area contributed by atoms with E-state index in [1.54, 1.807) is 28.7 Å². The van der Waals surface area contributed by atoms with Gasteiger partial charge in [-0.15, -0.1) is 0 Å². The number of hydrogen-bond donors (Lipinski definition) is 0. The number of aryl methyl sites for hydroxylation is 1. The SMILES string of the molecule is CCOC(=O)N1CCN(C(=O)Cc2ccc3c(c2)CCC(=O)N3C)CC1. The number of carbonyl (C=O) groups is 3. The zero-order valence-corrected chi connectivity index (χ0v) is 15.4. The molecular formula is C19H25N3O4. The van der Waals surface area contributed by atoms with Crippen molar-refractivity contribution in [3.05, 3.63) is 29.3 Å². The smallest absolute Gasteiger partial charge is 0.409 e. The average molecular weight is 359 g/mol. The van der Waals surface area contributed by atoms with Crippen molar-refractivity contribution >= 4 is 23.6 Å². The van der Waals surface area contributed by atoms with Crippen LogP contribution in [-0.4, -0.2) is 67.5 Å². The lowest BCUT2D eigenvalue weighted by Gasteiger charge is -2.34. The number of amides is 3. The average Bonchev–Trinajstić information content (AvgIpc) is 2.65. The Labute approximate surface area is 153 Å². The van der Waals surface area contributed by atoms with E-state index in [2.05, 4.69) is 0 Å². The van der Waals surface area contributed by atoms with Crippen molar-refractivity contribution in [2.24, 2.45) is 0 Å². The van der Waals surface area contributed by atoms with Gasteiger partial charge < -0.3 is 19.4 Å². The van der Waals surface area contributed by atoms with Crippen LogP contribution in [-0.2, 0) is 27.2 Å². The third-order valence-electron chi connectivity index (χ3n) is 5.00. The fraction of sp³-hybridized carbons (Fsp3) is 0.526. The number of fused-ring (bicyclic) bond motifs is 1. The molecule has 0 radical (unpaired) electrons. The summed E-state index contributed by atoms with van der Waals surface area (Å²) in [5.74, 6) is 0.189. The van der Waals surface area contributed by atoms with Crippen molar-refractivity contribution in [1.29, 1.82) is 0 Å². The van der Waals surface area contributed by atoms with Gasteiger partial charge in [0, 0.05) is 45.3 Å². The van der Waals surface area contributed by atoms with Crippen LogP contribution in [0.25, 0.3) is 0 Å². The predicted molar refractivity (Wildman–Crippen MR) is 97.1 cm³/mol. The Morgan fingerprint density at radius 3 is 2.46 bits per heavy atom. The molecule has 2 aliphatic heterocycles. The summed E-state index contributed by atoms with van der Waals surface area (Å²) in [4.78, 5) is 41.2. The number of piperazine rings is 1. The molecule has 26 heavy (non-hydrogen) atoms. The van der Waals surface area contributed by atoms with Crippen LogP contribution in [0, 0.1) is 0 Å². The summed E-state index contributed by atoms with van der Waals surface area (Å²) < 4.78 is 5.00. The minimum atomic E-state index is -0.312. The van der Waals surface area contributed by atoms with Crippen molar-refractivity contribution < 1.29 is 19.1 Å². The standard InChI is InChI=1S/C19H25N3O4/c1-3-26-19(25)22-10-8-21(9-11-22)18(24)13-14-4-6-16-15(12-14)5-7-17(23)20(16)2/h4,6,12H,3,5,7-11,13H2,1-2H3. The minimum Gasteiger partial charge on any atom is -0.450 e. The zero-order valence-electron chi connectivity index (χ0n) is 15.4. The van der Waals surface area contributed by atoms with Crippen LogP contribution < -0.4 is 4.90 Å². The maximum Gasteiger partial charge on any atom is 0.409 e. The van der Waals surface area contributed by atoms with E-state index in [4.69, 9.17) is 4.74 Å². The highest BCUT2D eigenvalue weighted by atomic mass is 16.6. The molecule has 2 aliphatic rings. The van der Waals surface area contributed by atoms with E-state index >= 15 is 0 Å². The third kappa shape index (κ3) is 3.81. The van der Waals surface area contributed by atoms with Gasteiger partial charge in [0.2, 0.25) is 11.8 Å². The van der Waals surface area contributed by atoms with Gasteiger partial charge in [0.05, 0.1) is 13.0 Å². The molecule has 0 spiro atoms. The first kappa shape index (κ1) is 18.2. The summed E-state index contributed by atoms with van der Waals surface area (Å²) in [7, 11) is 1.79. The second-order valence-corrected chi connectivity index (χ2v) is 6.66. The fourth-order valence-electron chi connectivity index (χ4n) is 3.46. The zero-order chi connectivity index (χ0) is 18.7. The second-order valence-electron chi connectivity index (χ2n) is 6.66. The minimum absolute atomic E-state index is 0.0636. The van der Waals surface area contributed by atoms with Gasteiger partial charge in [0.1, 0.15) is 0 Å². The highest BCUT2D eigenvalue weighted by Gasteiger charge is 2.25. The molecule has 2 heterocycles. The molecule has 0 aromatic heterocycles. The Bertz CT molecular complexity index is 711. The van der Waals surface area contributed by atoms with E-state index in [1.165, 1.54) is 0 Å². The first-order chi connectivity index (χ1) is 12.5. The molecule has 140 valence electrons. The normalized spacial score (nSPS) is 17.2. The van der Waals surface area contributed by atoms with Crippen molar-refractivity contribution in [3.8, 4) is 0 Å². The third-order valence-corrected chi connectivity index (χ3v) is 5.00. The summed E-state index contributed by atoms with van der Waals surface area (Å²) >= 11 is 0. The van der Waals surface area contributed by atoms with Gasteiger partial charge in [-0.25, -0.2) is 4.79 Å². The number of benzene rings is 1. The fourth-order valence-corrected chi connectivity index (χ4v) is 3.46. The summed E-state index contributed by atoms with van der Waals surface area (Å²) in [5, 5.41) is 0. The van der Waals surface area contributed by atoms with Crippen molar-refractivity contribution in [2.75, 3.05) is 44.7 Å². The number of ether oxygens (including phenoxy) is 1. The number of hydrogen-bond acceptors (Lipinski definition) is 4. The molecule has 3 amide bonds. The van der Waals surface area contributed by atoms with Crippen molar-refractivity contribution in [1.82, 2.24) is 9.80 Å². The van der Waals surface area contributed by atoms with E-state index < -0.39 is 0 Å². The van der Waals surface area contributed by atoms with Crippen molar-refractivity contribution in [3.63, 3.8) is 0 Å². The van der Waals surface area contributed by atoms with Gasteiger partial charge in [-0.2, -0.15) is 0 Å². The van der Waals surface area contributed by atoms with Crippen LogP contribution in [0.2, 0.25) is 0 Å². The Morgan fingerprint density at radius 1 is 1.08 bits per heavy atom. The van der Waals surface area contributed by atoms with Gasteiger partial charge in [-0.05, 0) is 30.5 Å². The van der Waals surface area contributed by atoms with Crippen LogP contribution in [0.1, 0.15) is 24.5 Å². The largest absolute Gasteiger partial charge is 0.450 e. The molecule has 7 heteroatoms. The summed E-state index contributed by atoms with van der Waals surface area (Å²) in [6.45, 7) is 4.20. The van der Waals surface area contributed by atoms with Gasteiger partial charge in [-0.1, -0.05) is 12.1 Å². The number of carbonyl (C=O) groups excluding carboxylic acids is 3. The topological polar surface area (TPSA) is 70.2 Å². The van der Waals surface area contributed by atoms with E-state index in [-0.39, 0.29) is 17.9 Å². The lowest BCUT2D eigenvalue weighted by Crippen LogP contribution is -2.51. The Morgan fingerprint density at radius 2 is 1.77 bits per heavy atom. The molecular weight excluding hydrogens is 334 g/mol. The number of rotatable bonds is 3. The van der Waals surface area contributed by atoms with Gasteiger partial charge in [-0.3, -0.25) is 9.59 Å². The van der Waals surface area contributed by atoms with E-state index in [0.717, 1.165) is 23.2 Å². The Balaban J connectivity index is 1.58. The second kappa shape index (κ2) is 7.76. The van der Waals surface area contributed by atoms with Crippen molar-refractivity contribution in [2.45, 2.75) is 26.2 Å². The summed E-state index contributed by atoms with van der Waals surface area (Å²) in [6, 6.07) is 5.87. The van der Waals surface area contributed by atoms with Crippen LogP contribution in [0.4, 0.5) is 10.5 Å². The Kier molecular flexibility index (Phi) is 5.44. The molecule has 0 N–H and O–H groups in total. The molecule has 0 aliphatic carbocycles. The van der Waals surface area contributed by atoms with E-state index in [0.29, 0.717) is 45.6 Å². The highest BCUT2D eigenvalue weighted by Crippen LogP contribution is 2.27. The number of nitrogens with zero attached hydrogens (tertiary/aromatic N) is 3.